The van der Waals surface area contributed by atoms with Crippen molar-refractivity contribution in [1.82, 2.24) is 9.91 Å². The lowest BCUT2D eigenvalue weighted by molar-refractivity contribution is -1.92. The lowest BCUT2D eigenvalue weighted by atomic mass is 10.5. The molecule has 10 heteroatoms. The van der Waals surface area contributed by atoms with Crippen LogP contribution in [-0.2, 0) is 0 Å². The lowest BCUT2D eigenvalue weighted by Crippen LogP contribution is -2.58. The molecule has 0 aromatic carbocycles. The fraction of sp³-hybridized carbons (Fsp3) is 1.00. The van der Waals surface area contributed by atoms with Crippen LogP contribution in [0.2, 0.25) is 0 Å². The Morgan fingerprint density at radius 1 is 1.25 bits per heavy atom. The van der Waals surface area contributed by atoms with E-state index in [9.17, 15) is 10.1 Å². The van der Waals surface area contributed by atoms with E-state index in [1.54, 1.807) is 6.92 Å². The third kappa shape index (κ3) is 19.0. The average Bonchev–Trinajstić information content (AvgIpc) is 2.00. The fourth-order valence-corrected chi connectivity index (χ4v) is 0.671. The Morgan fingerprint density at radius 3 is 1.81 bits per heavy atom. The number of nitrogens with zero attached hydrogens (tertiary/aromatic N) is 3. The van der Waals surface area contributed by atoms with Gasteiger partial charge in [-0.1, -0.05) is 0 Å². The van der Waals surface area contributed by atoms with Gasteiger partial charge in [-0.05, 0) is 21.0 Å². The first-order valence-corrected chi connectivity index (χ1v) is 5.51. The van der Waals surface area contributed by atoms with Crippen molar-refractivity contribution in [3.63, 3.8) is 0 Å². The summed E-state index contributed by atoms with van der Waals surface area (Å²) in [5.41, 5.74) is 0. The summed E-state index contributed by atoms with van der Waals surface area (Å²) >= 11 is 0. The number of nitro groups is 1. The van der Waals surface area contributed by atoms with Crippen LogP contribution in [0.4, 0.5) is 0 Å². The van der Waals surface area contributed by atoms with Crippen LogP contribution in [0.3, 0.4) is 0 Å². The van der Waals surface area contributed by atoms with E-state index in [0.29, 0.717) is 13.1 Å². The van der Waals surface area contributed by atoms with Crippen LogP contribution < -0.4 is 14.0 Å². The molecule has 9 nitrogen and oxygen atoms in total. The predicted molar refractivity (Wildman–Crippen MR) is 45.0 cm³/mol. The Morgan fingerprint density at radius 2 is 1.62 bits per heavy atom. The van der Waals surface area contributed by atoms with Crippen molar-refractivity contribution in [2.75, 3.05) is 33.7 Å². The zero-order valence-corrected chi connectivity index (χ0v) is 10.1. The predicted octanol–water partition coefficient (Wildman–Crippen LogP) is -4.06. The van der Waals surface area contributed by atoms with Crippen LogP contribution in [0, 0.1) is 20.4 Å². The third-order valence-electron chi connectivity index (χ3n) is 1.40. The molecule has 0 aliphatic heterocycles. The van der Waals surface area contributed by atoms with Crippen LogP contribution in [-0.4, -0.2) is 53.3 Å². The van der Waals surface area contributed by atoms with Gasteiger partial charge in [0, 0.05) is 6.54 Å². The van der Waals surface area contributed by atoms with E-state index in [4.69, 9.17) is 18.6 Å². The van der Waals surface area contributed by atoms with Crippen LogP contribution in [0.25, 0.3) is 0 Å². The average molecular weight is 262 g/mol. The molecule has 0 bridgehead atoms. The van der Waals surface area contributed by atoms with Gasteiger partial charge in [0.05, 0.1) is 28.0 Å². The maximum Gasteiger partial charge on any atom is 0.160 e. The second kappa shape index (κ2) is 8.44. The van der Waals surface area contributed by atoms with Gasteiger partial charge in [-0.2, -0.15) is 14.0 Å². The number of halogens is 1. The molecule has 0 amide bonds. The van der Waals surface area contributed by atoms with Gasteiger partial charge in [0.25, 0.3) is 0 Å². The van der Waals surface area contributed by atoms with Crippen LogP contribution >= 0.6 is 0 Å². The fourth-order valence-electron chi connectivity index (χ4n) is 0.671. The highest BCUT2D eigenvalue weighted by molar-refractivity contribution is 4.46. The molecular weight excluding hydrogens is 246 g/mol. The van der Waals surface area contributed by atoms with E-state index >= 15 is 0 Å². The number of hydrogen-bond acceptors (Lipinski definition) is 7. The molecule has 0 heterocycles. The summed E-state index contributed by atoms with van der Waals surface area (Å²) in [5.74, 6) is 0. The Hall–Kier alpha value is -0.710. The number of likely N-dealkylation sites (N-methyl/N-ethyl adjacent to an activating group) is 2. The van der Waals surface area contributed by atoms with Gasteiger partial charge in [0.2, 0.25) is 0 Å². The van der Waals surface area contributed by atoms with Gasteiger partial charge in [0.15, 0.2) is 5.03 Å². The van der Waals surface area contributed by atoms with E-state index in [-0.39, 0.29) is 5.03 Å². The van der Waals surface area contributed by atoms with Gasteiger partial charge >= 0.3 is 0 Å². The van der Waals surface area contributed by atoms with Crippen molar-refractivity contribution in [1.29, 1.82) is 0 Å². The second-order valence-corrected chi connectivity index (χ2v) is 3.78. The van der Waals surface area contributed by atoms with Crippen molar-refractivity contribution < 1.29 is 33.9 Å². The Balaban J connectivity index is 0. The first kappa shape index (κ1) is 17.7. The van der Waals surface area contributed by atoms with E-state index in [1.807, 2.05) is 19.0 Å². The quantitative estimate of drug-likeness (QED) is 0.389. The summed E-state index contributed by atoms with van der Waals surface area (Å²) in [7, 11) is -0.901. The molecular formula is C6H16ClN3O6. The van der Waals surface area contributed by atoms with Gasteiger partial charge in [-0.3, -0.25) is 0 Å². The minimum atomic E-state index is -4.69. The molecule has 98 valence electrons. The largest absolute Gasteiger partial charge is 0.307 e. The molecule has 0 aliphatic carbocycles. The summed E-state index contributed by atoms with van der Waals surface area (Å²) in [6.07, 6.45) is 0. The van der Waals surface area contributed by atoms with Crippen LogP contribution in [0.5, 0.6) is 0 Å². The monoisotopic (exact) mass is 261 g/mol. The van der Waals surface area contributed by atoms with Crippen molar-refractivity contribution in [3.8, 4) is 0 Å². The van der Waals surface area contributed by atoms with Crippen molar-refractivity contribution in [3.05, 3.63) is 10.1 Å². The molecule has 16 heavy (non-hydrogen) atoms. The zero-order chi connectivity index (χ0) is 13.4. The maximum atomic E-state index is 10.3. The molecule has 0 radical (unpaired) electrons. The molecule has 0 rings (SSSR count). The highest BCUT2D eigenvalue weighted by atomic mass is 35.7. The van der Waals surface area contributed by atoms with E-state index in [0.717, 1.165) is 6.54 Å². The molecule has 0 aromatic heterocycles. The minimum absolute atomic E-state index is 0.358. The summed E-state index contributed by atoms with van der Waals surface area (Å²) in [6, 6.07) is 0. The minimum Gasteiger partial charge on any atom is -0.307 e. The topological polar surface area (TPSA) is 139 Å². The smallest absolute Gasteiger partial charge is 0.160 e. The third-order valence-corrected chi connectivity index (χ3v) is 1.40. The summed E-state index contributed by atoms with van der Waals surface area (Å²) in [4.78, 5) is 12.2. The molecule has 1 N–H and O–H groups in total. The van der Waals surface area contributed by atoms with Crippen molar-refractivity contribution in [2.24, 2.45) is 0 Å². The Bertz CT molecular complexity index is 191. The standard InChI is InChI=1S/C6H15N3O2.ClHO4/c1-4-8(9(10)11)6-5-7(2)3;2-1(3,4)5/h4-6H2,1-3H3;(H,2,3,4,5). The van der Waals surface area contributed by atoms with Gasteiger partial charge in [-0.25, -0.2) is 10.1 Å². The molecule has 0 atom stereocenters. The molecule has 0 saturated heterocycles. The maximum absolute atomic E-state index is 10.3. The highest BCUT2D eigenvalue weighted by Gasteiger charge is 2.09. The molecule has 0 aromatic rings. The summed E-state index contributed by atoms with van der Waals surface area (Å²) < 4.78 is 32.7. The Kier molecular flexibility index (Phi) is 9.33. The number of rotatable bonds is 5. The second-order valence-electron chi connectivity index (χ2n) is 2.98. The number of hydrogen-bond donors (Lipinski definition) is 1. The first-order valence-electron chi connectivity index (χ1n) is 4.25. The van der Waals surface area contributed by atoms with Gasteiger partial charge in [0.1, 0.15) is 0 Å². The van der Waals surface area contributed by atoms with Gasteiger partial charge < -0.3 is 4.90 Å². The van der Waals surface area contributed by atoms with Crippen LogP contribution in [0.15, 0.2) is 0 Å². The lowest BCUT2D eigenvalue weighted by Gasteiger charge is -2.14. The van der Waals surface area contributed by atoms with Gasteiger partial charge in [-0.15, -0.1) is 5.01 Å². The molecule has 0 unspecified atom stereocenters. The molecule has 0 aliphatic rings. The summed E-state index contributed by atoms with van der Waals surface area (Å²) in [6.45, 7) is 3.44. The zero-order valence-electron chi connectivity index (χ0n) is 9.33. The normalized spacial score (nSPS) is 10.8. The van der Waals surface area contributed by atoms with E-state index in [2.05, 4.69) is 0 Å². The molecule has 0 fully saturated rings. The summed E-state index contributed by atoms with van der Waals surface area (Å²) in [5, 5.41) is 11.1. The Labute approximate surface area is 95.4 Å². The van der Waals surface area contributed by atoms with Crippen molar-refractivity contribution in [2.45, 2.75) is 6.92 Å². The van der Waals surface area contributed by atoms with Crippen LogP contribution in [0.1, 0.15) is 6.92 Å². The number of hydrazine groups is 1. The highest BCUT2D eigenvalue weighted by Crippen LogP contribution is 1.87. The molecule has 0 saturated carbocycles. The SMILES string of the molecule is CCN(CCN(C)C)[N+](=O)[O-].[O-][Cl+3]([O-])([O-])O. The van der Waals surface area contributed by atoms with E-state index in [1.165, 1.54) is 5.01 Å². The first-order chi connectivity index (χ1) is 7.07. The van der Waals surface area contributed by atoms with E-state index < -0.39 is 10.2 Å². The molecule has 0 spiro atoms. The van der Waals surface area contributed by atoms with Crippen molar-refractivity contribution >= 4 is 0 Å².